The van der Waals surface area contributed by atoms with Gasteiger partial charge >= 0.3 is 0 Å². The minimum Gasteiger partial charge on any atom is -0.457 e. The maximum absolute atomic E-state index is 13.7. The number of ether oxygens (including phenoxy) is 1. The Balaban J connectivity index is 1.57. The van der Waals surface area contributed by atoms with Gasteiger partial charge in [-0.25, -0.2) is 4.98 Å². The van der Waals surface area contributed by atoms with E-state index in [2.05, 4.69) is 45.4 Å². The van der Waals surface area contributed by atoms with Crippen LogP contribution in [-0.4, -0.2) is 16.7 Å². The van der Waals surface area contributed by atoms with Crippen LogP contribution in [0.5, 0.6) is 11.5 Å². The normalized spacial score (nSPS) is 18.7. The number of rotatable bonds is 5. The van der Waals surface area contributed by atoms with E-state index in [9.17, 15) is 9.59 Å². The second-order valence-electron chi connectivity index (χ2n) is 10.2. The Morgan fingerprint density at radius 2 is 1.81 bits per heavy atom. The summed E-state index contributed by atoms with van der Waals surface area (Å²) in [6, 6.07) is 20.7. The molecule has 2 aromatic carbocycles. The highest BCUT2D eigenvalue weighted by Gasteiger charge is 2.42. The largest absolute Gasteiger partial charge is 0.457 e. The Hall–Kier alpha value is -3.71. The van der Waals surface area contributed by atoms with Crippen molar-refractivity contribution < 1.29 is 14.3 Å². The van der Waals surface area contributed by atoms with Crippen molar-refractivity contribution >= 4 is 33.4 Å². The lowest BCUT2D eigenvalue weighted by Crippen LogP contribution is -2.39. The number of nitrogens with one attached hydrogen (secondary N) is 2. The molecule has 2 heterocycles. The lowest BCUT2D eigenvalue weighted by molar-refractivity contribution is -0.118. The van der Waals surface area contributed by atoms with Crippen molar-refractivity contribution in [2.24, 2.45) is 5.41 Å². The van der Waals surface area contributed by atoms with Crippen molar-refractivity contribution in [1.82, 2.24) is 10.3 Å². The quantitative estimate of drug-likeness (QED) is 0.357. The number of hydrogen-bond donors (Lipinski definition) is 2. The van der Waals surface area contributed by atoms with E-state index in [-0.39, 0.29) is 17.1 Å². The van der Waals surface area contributed by atoms with Gasteiger partial charge in [0.05, 0.1) is 0 Å². The Morgan fingerprint density at radius 3 is 2.54 bits per heavy atom. The molecule has 37 heavy (non-hydrogen) atoms. The molecule has 2 aliphatic rings. The number of hydrogen-bond acceptors (Lipinski definition) is 5. The number of allylic oxidation sites excluding steroid dienone is 3. The third kappa shape index (κ3) is 5.37. The number of Topliss-reactive ketones (excluding diaryl/α,β-unsaturated/α-hetero) is 1. The Bertz CT molecular complexity index is 1430. The van der Waals surface area contributed by atoms with Gasteiger partial charge in [0.1, 0.15) is 17.3 Å². The number of pyridine rings is 1. The smallest absolute Gasteiger partial charge is 0.255 e. The van der Waals surface area contributed by atoms with E-state index < -0.39 is 5.92 Å². The van der Waals surface area contributed by atoms with E-state index in [1.807, 2.05) is 67.6 Å². The lowest BCUT2D eigenvalue weighted by atomic mass is 9.68. The average molecular weight is 558 g/mol. The predicted octanol–water partition coefficient (Wildman–Crippen LogP) is 6.88. The van der Waals surface area contributed by atoms with Crippen molar-refractivity contribution in [3.05, 3.63) is 106 Å². The van der Waals surface area contributed by atoms with Crippen LogP contribution in [-0.2, 0) is 9.59 Å². The van der Waals surface area contributed by atoms with Crippen LogP contribution in [0, 0.1) is 5.41 Å². The Morgan fingerprint density at radius 1 is 1.05 bits per heavy atom. The molecule has 1 aliphatic carbocycles. The fraction of sp³-hybridized carbons (Fsp3) is 0.233. The van der Waals surface area contributed by atoms with Crippen LogP contribution in [0.2, 0.25) is 0 Å². The van der Waals surface area contributed by atoms with E-state index >= 15 is 0 Å². The molecule has 188 valence electrons. The molecule has 0 spiro atoms. The number of benzene rings is 2. The summed E-state index contributed by atoms with van der Waals surface area (Å²) < 4.78 is 6.91. The fourth-order valence-electron chi connectivity index (χ4n) is 5.09. The van der Waals surface area contributed by atoms with Crippen LogP contribution in [0.1, 0.15) is 45.1 Å². The number of dihydropyridines is 1. The summed E-state index contributed by atoms with van der Waals surface area (Å²) >= 11 is 3.37. The summed E-state index contributed by atoms with van der Waals surface area (Å²) in [4.78, 5) is 31.6. The van der Waals surface area contributed by atoms with Crippen molar-refractivity contribution in [1.29, 1.82) is 0 Å². The number of aromatic nitrogens is 1. The van der Waals surface area contributed by atoms with Crippen LogP contribution < -0.4 is 15.4 Å². The maximum atomic E-state index is 13.7. The minimum absolute atomic E-state index is 0.0534. The van der Waals surface area contributed by atoms with E-state index in [1.165, 1.54) is 0 Å². The maximum Gasteiger partial charge on any atom is 0.255 e. The topological polar surface area (TPSA) is 80.3 Å². The molecule has 1 aromatic heterocycles. The van der Waals surface area contributed by atoms with Gasteiger partial charge < -0.3 is 15.4 Å². The molecule has 6 nitrogen and oxygen atoms in total. The third-order valence-corrected chi connectivity index (χ3v) is 7.09. The first kappa shape index (κ1) is 25.0. The number of para-hydroxylation sites is 1. The van der Waals surface area contributed by atoms with Gasteiger partial charge in [0.2, 0.25) is 0 Å². The van der Waals surface area contributed by atoms with E-state index in [1.54, 1.807) is 12.3 Å². The lowest BCUT2D eigenvalue weighted by Gasteiger charge is -2.39. The summed E-state index contributed by atoms with van der Waals surface area (Å²) in [7, 11) is 0. The zero-order chi connectivity index (χ0) is 26.2. The van der Waals surface area contributed by atoms with Crippen molar-refractivity contribution in [2.75, 3.05) is 5.32 Å². The number of carbonyl (C=O) groups excluding carboxylic acids is 2. The fourth-order valence-corrected chi connectivity index (χ4v) is 5.32. The Kier molecular flexibility index (Phi) is 6.73. The van der Waals surface area contributed by atoms with E-state index in [0.717, 1.165) is 27.9 Å². The number of carbonyl (C=O) groups is 2. The number of ketones is 1. The minimum atomic E-state index is -0.533. The summed E-state index contributed by atoms with van der Waals surface area (Å²) in [6.45, 7) is 6.08. The zero-order valence-electron chi connectivity index (χ0n) is 21.0. The van der Waals surface area contributed by atoms with Gasteiger partial charge in [-0.15, -0.1) is 0 Å². The predicted molar refractivity (Wildman–Crippen MR) is 147 cm³/mol. The molecule has 1 aliphatic heterocycles. The second-order valence-corrected chi connectivity index (χ2v) is 11.1. The van der Waals surface area contributed by atoms with Gasteiger partial charge in [-0.2, -0.15) is 0 Å². The van der Waals surface area contributed by atoms with Crippen LogP contribution in [0.25, 0.3) is 0 Å². The molecule has 1 atom stereocenters. The van der Waals surface area contributed by atoms with Gasteiger partial charge in [0, 0.05) is 45.5 Å². The average Bonchev–Trinajstić information content (AvgIpc) is 2.84. The first-order valence-electron chi connectivity index (χ1n) is 12.2. The van der Waals surface area contributed by atoms with Gasteiger partial charge in [-0.1, -0.05) is 44.2 Å². The number of nitrogens with zero attached hydrogens (tertiary/aromatic N) is 1. The van der Waals surface area contributed by atoms with Crippen molar-refractivity contribution in [2.45, 2.75) is 39.5 Å². The molecule has 0 bridgehead atoms. The van der Waals surface area contributed by atoms with Gasteiger partial charge in [0.25, 0.3) is 5.91 Å². The summed E-state index contributed by atoms with van der Waals surface area (Å²) in [5, 5.41) is 6.32. The summed E-state index contributed by atoms with van der Waals surface area (Å²) in [6.07, 6.45) is 2.78. The van der Waals surface area contributed by atoms with Crippen LogP contribution >= 0.6 is 15.9 Å². The van der Waals surface area contributed by atoms with E-state index in [0.29, 0.717) is 34.9 Å². The molecule has 0 saturated carbocycles. The zero-order valence-corrected chi connectivity index (χ0v) is 22.6. The van der Waals surface area contributed by atoms with Gasteiger partial charge in [-0.05, 0) is 76.7 Å². The first-order chi connectivity index (χ1) is 17.7. The van der Waals surface area contributed by atoms with E-state index in [4.69, 9.17) is 4.74 Å². The molecule has 0 fully saturated rings. The third-order valence-electron chi connectivity index (χ3n) is 6.62. The molecule has 0 radical (unpaired) electrons. The number of amides is 1. The highest BCUT2D eigenvalue weighted by atomic mass is 79.9. The second kappa shape index (κ2) is 9.98. The van der Waals surface area contributed by atoms with Crippen molar-refractivity contribution in [3.8, 4) is 11.5 Å². The Labute approximate surface area is 225 Å². The van der Waals surface area contributed by atoms with Crippen LogP contribution in [0.4, 0.5) is 5.82 Å². The van der Waals surface area contributed by atoms with Gasteiger partial charge in [-0.3, -0.25) is 9.59 Å². The summed E-state index contributed by atoms with van der Waals surface area (Å²) in [5.41, 5.74) is 3.41. The molecular weight excluding hydrogens is 530 g/mol. The standard InChI is InChI=1S/C30H28BrN3O3/c1-18-26(29(36)34-25-13-12-20(31)17-32-25)27(28-23(33-18)15-30(2,3)16-24(28)35)19-8-7-11-22(14-19)37-21-9-5-4-6-10-21/h4-14,17,27,33H,15-16H2,1-3H3,(H,32,34,36). The highest BCUT2D eigenvalue weighted by Crippen LogP contribution is 2.47. The van der Waals surface area contributed by atoms with Crippen LogP contribution in [0.15, 0.2) is 99.9 Å². The van der Waals surface area contributed by atoms with Crippen LogP contribution in [0.3, 0.4) is 0 Å². The number of anilines is 1. The SMILES string of the molecule is CC1=C(C(=O)Nc2ccc(Br)cn2)C(c2cccc(Oc3ccccc3)c2)C2=C(CC(C)(C)CC2=O)N1. The molecule has 5 rings (SSSR count). The molecule has 1 amide bonds. The molecule has 3 aromatic rings. The first-order valence-corrected chi connectivity index (χ1v) is 13.0. The number of halogens is 1. The molecular formula is C30H28BrN3O3. The molecule has 0 saturated heterocycles. The highest BCUT2D eigenvalue weighted by molar-refractivity contribution is 9.10. The monoisotopic (exact) mass is 557 g/mol. The summed E-state index contributed by atoms with van der Waals surface area (Å²) in [5.74, 6) is 1.01. The van der Waals surface area contributed by atoms with Gasteiger partial charge in [0.15, 0.2) is 5.78 Å². The van der Waals surface area contributed by atoms with Crippen molar-refractivity contribution in [3.63, 3.8) is 0 Å². The molecule has 2 N–H and O–H groups in total. The molecule has 1 unspecified atom stereocenters. The molecule has 7 heteroatoms.